The van der Waals surface area contributed by atoms with E-state index in [9.17, 15) is 0 Å². The first kappa shape index (κ1) is 23.0. The number of unbranched alkanes of at least 4 members (excludes halogenated alkanes) is 1. The van der Waals surface area contributed by atoms with Crippen LogP contribution in [0.4, 0.5) is 0 Å². The monoisotopic (exact) mass is 415 g/mol. The molecule has 0 atom stereocenters. The van der Waals surface area contributed by atoms with Gasteiger partial charge in [0.15, 0.2) is 5.96 Å². The molecule has 1 heterocycles. The summed E-state index contributed by atoms with van der Waals surface area (Å²) in [5.41, 5.74) is 1.42. The van der Waals surface area contributed by atoms with Gasteiger partial charge in [0.25, 0.3) is 0 Å². The predicted molar refractivity (Wildman–Crippen MR) is 125 cm³/mol. The number of nitrogens with zero attached hydrogens (tertiary/aromatic N) is 3. The first-order valence-corrected chi connectivity index (χ1v) is 11.8. The van der Waals surface area contributed by atoms with E-state index in [0.29, 0.717) is 0 Å². The molecule has 0 spiro atoms. The lowest BCUT2D eigenvalue weighted by molar-refractivity contribution is 0.123. The second kappa shape index (κ2) is 13.6. The van der Waals surface area contributed by atoms with E-state index < -0.39 is 0 Å². The number of aliphatic imine (C=N–C) groups is 1. The summed E-state index contributed by atoms with van der Waals surface area (Å²) in [5.74, 6) is 1.76. The van der Waals surface area contributed by atoms with Gasteiger partial charge in [0.1, 0.15) is 0 Å². The van der Waals surface area contributed by atoms with E-state index in [-0.39, 0.29) is 0 Å². The molecule has 1 saturated carbocycles. The zero-order valence-corrected chi connectivity index (χ0v) is 18.8. The zero-order valence-electron chi connectivity index (χ0n) is 18.8. The summed E-state index contributed by atoms with van der Waals surface area (Å²) in [6, 6.07) is 10.8. The van der Waals surface area contributed by atoms with Crippen molar-refractivity contribution in [2.45, 2.75) is 38.6 Å². The molecular formula is C24H41N5O. The molecule has 0 aromatic heterocycles. The van der Waals surface area contributed by atoms with E-state index in [1.807, 2.05) is 7.05 Å². The Hall–Kier alpha value is -1.63. The molecule has 0 amide bonds. The van der Waals surface area contributed by atoms with Crippen LogP contribution in [0.1, 0.15) is 37.7 Å². The van der Waals surface area contributed by atoms with E-state index in [1.165, 1.54) is 64.0 Å². The van der Waals surface area contributed by atoms with Gasteiger partial charge in [-0.2, -0.15) is 0 Å². The number of benzene rings is 1. The fraction of sp³-hybridized carbons (Fsp3) is 0.708. The Kier molecular flexibility index (Phi) is 10.5. The molecule has 2 N–H and O–H groups in total. The topological polar surface area (TPSA) is 52.1 Å². The van der Waals surface area contributed by atoms with E-state index >= 15 is 0 Å². The van der Waals surface area contributed by atoms with Crippen LogP contribution in [-0.4, -0.2) is 81.8 Å². The summed E-state index contributed by atoms with van der Waals surface area (Å²) in [4.78, 5) is 9.49. The minimum absolute atomic E-state index is 0.846. The molecule has 1 aliphatic heterocycles. The summed E-state index contributed by atoms with van der Waals surface area (Å²) in [7, 11) is 1.84. The van der Waals surface area contributed by atoms with E-state index in [4.69, 9.17) is 4.74 Å². The van der Waals surface area contributed by atoms with Gasteiger partial charge in [-0.25, -0.2) is 0 Å². The summed E-state index contributed by atoms with van der Waals surface area (Å²) in [6.07, 6.45) is 6.16. The van der Waals surface area contributed by atoms with Crippen molar-refractivity contribution in [1.29, 1.82) is 0 Å². The third kappa shape index (κ3) is 9.45. The number of ether oxygens (including phenoxy) is 1. The number of guanidine groups is 1. The highest BCUT2D eigenvalue weighted by atomic mass is 16.5. The van der Waals surface area contributed by atoms with Crippen molar-refractivity contribution in [2.24, 2.45) is 10.9 Å². The highest BCUT2D eigenvalue weighted by molar-refractivity contribution is 5.79. The van der Waals surface area contributed by atoms with E-state index in [0.717, 1.165) is 51.1 Å². The van der Waals surface area contributed by atoms with Crippen molar-refractivity contribution >= 4 is 5.96 Å². The Balaban J connectivity index is 1.15. The molecule has 1 saturated heterocycles. The number of nitrogens with one attached hydrogen (secondary N) is 2. The second-order valence-electron chi connectivity index (χ2n) is 8.61. The zero-order chi connectivity index (χ0) is 20.9. The first-order chi connectivity index (χ1) is 14.8. The van der Waals surface area contributed by atoms with Crippen molar-refractivity contribution in [2.75, 3.05) is 66.1 Å². The van der Waals surface area contributed by atoms with Crippen LogP contribution in [0.25, 0.3) is 0 Å². The minimum Gasteiger partial charge on any atom is -0.381 e. The van der Waals surface area contributed by atoms with Crippen molar-refractivity contribution in [3.05, 3.63) is 35.9 Å². The summed E-state index contributed by atoms with van der Waals surface area (Å²) in [6.45, 7) is 10.7. The van der Waals surface area contributed by atoms with Crippen molar-refractivity contribution in [3.8, 4) is 0 Å². The Morgan fingerprint density at radius 2 is 1.67 bits per heavy atom. The van der Waals surface area contributed by atoms with Crippen LogP contribution in [0.3, 0.4) is 0 Å². The molecule has 168 valence electrons. The molecule has 0 bridgehead atoms. The normalized spacial score (nSPS) is 18.5. The van der Waals surface area contributed by atoms with Gasteiger partial charge in [-0.15, -0.1) is 0 Å². The molecule has 1 aliphatic carbocycles. The van der Waals surface area contributed by atoms with Crippen LogP contribution in [0.15, 0.2) is 35.3 Å². The van der Waals surface area contributed by atoms with Crippen LogP contribution in [0.5, 0.6) is 0 Å². The maximum Gasteiger partial charge on any atom is 0.190 e. The van der Waals surface area contributed by atoms with Gasteiger partial charge in [-0.1, -0.05) is 30.3 Å². The maximum atomic E-state index is 5.67. The van der Waals surface area contributed by atoms with Crippen LogP contribution in [0.2, 0.25) is 0 Å². The predicted octanol–water partition coefficient (Wildman–Crippen LogP) is 2.57. The van der Waals surface area contributed by atoms with Gasteiger partial charge in [-0.3, -0.25) is 9.89 Å². The quantitative estimate of drug-likeness (QED) is 0.295. The summed E-state index contributed by atoms with van der Waals surface area (Å²) < 4.78 is 5.67. The van der Waals surface area contributed by atoms with Gasteiger partial charge in [0.2, 0.25) is 0 Å². The fourth-order valence-electron chi connectivity index (χ4n) is 3.82. The Labute approximate surface area is 183 Å². The molecule has 6 nitrogen and oxygen atoms in total. The van der Waals surface area contributed by atoms with Crippen LogP contribution < -0.4 is 10.6 Å². The van der Waals surface area contributed by atoms with Crippen molar-refractivity contribution in [1.82, 2.24) is 20.4 Å². The molecule has 30 heavy (non-hydrogen) atoms. The smallest absolute Gasteiger partial charge is 0.190 e. The molecule has 1 aromatic carbocycles. The van der Waals surface area contributed by atoms with E-state index in [1.54, 1.807) is 0 Å². The largest absolute Gasteiger partial charge is 0.381 e. The first-order valence-electron chi connectivity index (χ1n) is 11.8. The minimum atomic E-state index is 0.846. The lowest BCUT2D eigenvalue weighted by atomic mass is 10.2. The molecule has 0 unspecified atom stereocenters. The molecule has 2 fully saturated rings. The standard InChI is InChI=1S/C24H41N5O/c1-25-24(27-13-7-19-30-21-23-10-11-23)26-12-5-6-14-28-15-17-29(18-16-28)20-22-8-3-2-4-9-22/h2-4,8-9,23H,5-7,10-21H2,1H3,(H2,25,26,27). The van der Waals surface area contributed by atoms with Gasteiger partial charge in [0, 0.05) is 66.1 Å². The molecule has 3 rings (SSSR count). The molecule has 1 aromatic rings. The van der Waals surface area contributed by atoms with Gasteiger partial charge in [0.05, 0.1) is 0 Å². The second-order valence-corrected chi connectivity index (χ2v) is 8.61. The van der Waals surface area contributed by atoms with Gasteiger partial charge >= 0.3 is 0 Å². The fourth-order valence-corrected chi connectivity index (χ4v) is 3.82. The number of rotatable bonds is 13. The SMILES string of the molecule is CN=C(NCCCCN1CCN(Cc2ccccc2)CC1)NCCCOCC1CC1. The van der Waals surface area contributed by atoms with Crippen LogP contribution in [0, 0.1) is 5.92 Å². The molecular weight excluding hydrogens is 374 g/mol. The maximum absolute atomic E-state index is 5.67. The third-order valence-corrected chi connectivity index (χ3v) is 5.94. The van der Waals surface area contributed by atoms with Crippen LogP contribution in [-0.2, 0) is 11.3 Å². The Morgan fingerprint density at radius 1 is 0.967 bits per heavy atom. The average molecular weight is 416 g/mol. The van der Waals surface area contributed by atoms with Crippen molar-refractivity contribution in [3.63, 3.8) is 0 Å². The highest BCUT2D eigenvalue weighted by Gasteiger charge is 2.20. The van der Waals surface area contributed by atoms with Gasteiger partial charge in [-0.05, 0) is 50.1 Å². The molecule has 0 radical (unpaired) electrons. The Morgan fingerprint density at radius 3 is 2.37 bits per heavy atom. The summed E-state index contributed by atoms with van der Waals surface area (Å²) >= 11 is 0. The van der Waals surface area contributed by atoms with Crippen LogP contribution >= 0.6 is 0 Å². The van der Waals surface area contributed by atoms with E-state index in [2.05, 4.69) is 55.8 Å². The lowest BCUT2D eigenvalue weighted by Crippen LogP contribution is -2.46. The van der Waals surface area contributed by atoms with Gasteiger partial charge < -0.3 is 20.3 Å². The number of hydrogen-bond acceptors (Lipinski definition) is 4. The number of piperazine rings is 1. The molecule has 2 aliphatic rings. The number of hydrogen-bond donors (Lipinski definition) is 2. The van der Waals surface area contributed by atoms with Crippen molar-refractivity contribution < 1.29 is 4.74 Å². The average Bonchev–Trinajstić information content (AvgIpc) is 3.61. The lowest BCUT2D eigenvalue weighted by Gasteiger charge is -2.34. The molecule has 6 heteroatoms. The third-order valence-electron chi connectivity index (χ3n) is 5.94. The highest BCUT2D eigenvalue weighted by Crippen LogP contribution is 2.28. The Bertz CT molecular complexity index is 597. The summed E-state index contributed by atoms with van der Waals surface area (Å²) in [5, 5.41) is 6.81.